The summed E-state index contributed by atoms with van der Waals surface area (Å²) < 4.78 is 27.0. The largest absolute Gasteiger partial charge is 0.395 e. The van der Waals surface area contributed by atoms with Gasteiger partial charge in [-0.1, -0.05) is 60.7 Å². The molecule has 0 radical (unpaired) electrons. The van der Waals surface area contributed by atoms with Gasteiger partial charge in [-0.15, -0.1) is 11.3 Å². The maximum Gasteiger partial charge on any atom is 0.303 e. The molecule has 9 nitrogen and oxygen atoms in total. The summed E-state index contributed by atoms with van der Waals surface area (Å²) in [7, 11) is -1.33. The van der Waals surface area contributed by atoms with Gasteiger partial charge in [0, 0.05) is 25.5 Å². The first-order valence-corrected chi connectivity index (χ1v) is 14.1. The molecule has 2 amide bonds. The van der Waals surface area contributed by atoms with E-state index >= 15 is 0 Å². The second-order valence-electron chi connectivity index (χ2n) is 8.73. The summed E-state index contributed by atoms with van der Waals surface area (Å²) in [5.41, 5.74) is 1.87. The highest BCUT2D eigenvalue weighted by Gasteiger charge is 2.28. The molecule has 37 heavy (non-hydrogen) atoms. The third-order valence-corrected chi connectivity index (χ3v) is 8.18. The van der Waals surface area contributed by atoms with E-state index in [1.165, 1.54) is 25.4 Å². The first-order chi connectivity index (χ1) is 17.6. The molecular formula is C26H32N4O5S2. The van der Waals surface area contributed by atoms with E-state index in [2.05, 4.69) is 4.98 Å². The zero-order chi connectivity index (χ0) is 27.0. The number of nitrogens with zero attached hydrogens (tertiary/aromatic N) is 3. The summed E-state index contributed by atoms with van der Waals surface area (Å²) in [6.07, 6.45) is 1.47. The summed E-state index contributed by atoms with van der Waals surface area (Å²) in [5.74, 6) is -1.80. The van der Waals surface area contributed by atoms with Crippen molar-refractivity contribution < 1.29 is 23.1 Å². The Bertz CT molecular complexity index is 1300. The Morgan fingerprint density at radius 2 is 1.68 bits per heavy atom. The summed E-state index contributed by atoms with van der Waals surface area (Å²) >= 11 is 1.23. The second kappa shape index (κ2) is 12.9. The number of aryl methyl sites for hydroxylation is 2. The molecule has 1 heterocycles. The topological polar surface area (TPSA) is 120 Å². The van der Waals surface area contributed by atoms with Crippen LogP contribution in [0.4, 0.5) is 0 Å². The van der Waals surface area contributed by atoms with Gasteiger partial charge in [0.05, 0.1) is 19.1 Å². The zero-order valence-electron chi connectivity index (χ0n) is 21.1. The lowest BCUT2D eigenvalue weighted by molar-refractivity contribution is -0.134. The summed E-state index contributed by atoms with van der Waals surface area (Å²) in [4.78, 5) is 32.7. The van der Waals surface area contributed by atoms with Crippen molar-refractivity contribution in [3.8, 4) is 0 Å². The van der Waals surface area contributed by atoms with Crippen LogP contribution in [0.25, 0.3) is 0 Å². The fraction of sp³-hybridized carbons (Fsp3) is 0.346. The number of hydrogen-bond acceptors (Lipinski definition) is 7. The molecule has 0 spiro atoms. The fourth-order valence-corrected chi connectivity index (χ4v) is 5.23. The van der Waals surface area contributed by atoms with Crippen LogP contribution in [0.1, 0.15) is 43.8 Å². The van der Waals surface area contributed by atoms with E-state index in [0.717, 1.165) is 16.3 Å². The average Bonchev–Trinajstić information content (AvgIpc) is 3.25. The predicted octanol–water partition coefficient (Wildman–Crippen LogP) is 2.73. The van der Waals surface area contributed by atoms with Gasteiger partial charge in [-0.25, -0.2) is 9.71 Å². The Morgan fingerprint density at radius 3 is 2.27 bits per heavy atom. The number of aliphatic hydroxyl groups is 1. The van der Waals surface area contributed by atoms with Crippen LogP contribution in [0.15, 0.2) is 60.7 Å². The van der Waals surface area contributed by atoms with Crippen molar-refractivity contribution in [2.45, 2.75) is 32.2 Å². The normalized spacial score (nSPS) is 12.4. The monoisotopic (exact) mass is 544 g/mol. The summed E-state index contributed by atoms with van der Waals surface area (Å²) in [6, 6.07) is 19.1. The van der Waals surface area contributed by atoms with Crippen LogP contribution in [-0.2, 0) is 28.0 Å². The quantitative estimate of drug-likeness (QED) is 0.362. The Kier molecular flexibility index (Phi) is 9.93. The van der Waals surface area contributed by atoms with Crippen molar-refractivity contribution in [2.24, 2.45) is 0 Å². The lowest BCUT2D eigenvalue weighted by Crippen LogP contribution is -2.40. The molecule has 2 N–H and O–H groups in total. The smallest absolute Gasteiger partial charge is 0.303 e. The van der Waals surface area contributed by atoms with Crippen LogP contribution in [-0.4, -0.2) is 66.8 Å². The molecule has 0 saturated carbocycles. The average molecular weight is 545 g/mol. The Labute approximate surface area is 222 Å². The summed E-state index contributed by atoms with van der Waals surface area (Å²) in [6.45, 7) is 1.90. The van der Waals surface area contributed by atoms with Gasteiger partial charge < -0.3 is 10.0 Å². The van der Waals surface area contributed by atoms with Crippen LogP contribution < -0.4 is 4.72 Å². The maximum absolute atomic E-state index is 13.6. The number of benzene rings is 2. The van der Waals surface area contributed by atoms with Gasteiger partial charge in [0.1, 0.15) is 10.7 Å². The predicted molar refractivity (Wildman–Crippen MR) is 143 cm³/mol. The lowest BCUT2D eigenvalue weighted by Gasteiger charge is -2.26. The van der Waals surface area contributed by atoms with E-state index in [0.29, 0.717) is 28.4 Å². The molecule has 3 rings (SSSR count). The van der Waals surface area contributed by atoms with Crippen molar-refractivity contribution in [3.05, 3.63) is 87.4 Å². The van der Waals surface area contributed by atoms with Crippen molar-refractivity contribution >= 4 is 33.4 Å². The molecule has 1 unspecified atom stereocenters. The standard InChI is InChI=1S/C26H32N4O5S2/c1-19-24(25(32)28-37(34,35)29(2)3)27-23(36-19)17-30(16-10-13-20-11-6-4-7-12-20)26(33)22(18-31)21-14-8-5-9-15-21/h4-9,11-12,14-15,22,31H,10,13,16-18H2,1-3H3,(H,28,32). The number of thiazole rings is 1. The first kappa shape index (κ1) is 28.5. The second-order valence-corrected chi connectivity index (χ2v) is 11.9. The van der Waals surface area contributed by atoms with Crippen molar-refractivity contribution in [2.75, 3.05) is 27.2 Å². The van der Waals surface area contributed by atoms with Crippen molar-refractivity contribution in [1.82, 2.24) is 18.9 Å². The highest BCUT2D eigenvalue weighted by atomic mass is 32.2. The minimum absolute atomic E-state index is 0.00359. The lowest BCUT2D eigenvalue weighted by atomic mass is 9.98. The van der Waals surface area contributed by atoms with Crippen LogP contribution in [0, 0.1) is 6.92 Å². The van der Waals surface area contributed by atoms with E-state index in [1.807, 2.05) is 65.4 Å². The summed E-state index contributed by atoms with van der Waals surface area (Å²) in [5, 5.41) is 10.6. The highest BCUT2D eigenvalue weighted by Crippen LogP contribution is 2.23. The molecule has 1 aromatic heterocycles. The van der Waals surface area contributed by atoms with Crippen molar-refractivity contribution in [3.63, 3.8) is 0 Å². The molecule has 198 valence electrons. The third kappa shape index (κ3) is 7.68. The van der Waals surface area contributed by atoms with Crippen LogP contribution in [0.5, 0.6) is 0 Å². The number of carbonyl (C=O) groups excluding carboxylic acids is 2. The molecule has 0 aliphatic heterocycles. The van der Waals surface area contributed by atoms with Gasteiger partial charge in [0.2, 0.25) is 5.91 Å². The van der Waals surface area contributed by atoms with E-state index in [-0.39, 0.29) is 24.8 Å². The first-order valence-electron chi connectivity index (χ1n) is 11.8. The van der Waals surface area contributed by atoms with Gasteiger partial charge in [-0.3, -0.25) is 9.59 Å². The molecule has 2 aromatic carbocycles. The number of rotatable bonds is 12. The molecule has 0 fully saturated rings. The molecule has 0 bridgehead atoms. The molecule has 0 aliphatic rings. The van der Waals surface area contributed by atoms with Gasteiger partial charge in [0.25, 0.3) is 5.91 Å². The van der Waals surface area contributed by atoms with Crippen LogP contribution >= 0.6 is 11.3 Å². The molecular weight excluding hydrogens is 512 g/mol. The molecule has 11 heteroatoms. The van der Waals surface area contributed by atoms with Gasteiger partial charge in [-0.05, 0) is 30.9 Å². The highest BCUT2D eigenvalue weighted by molar-refractivity contribution is 7.87. The Morgan fingerprint density at radius 1 is 1.05 bits per heavy atom. The number of aliphatic hydroxyl groups excluding tert-OH is 1. The van der Waals surface area contributed by atoms with E-state index in [1.54, 1.807) is 11.8 Å². The minimum Gasteiger partial charge on any atom is -0.395 e. The number of aromatic nitrogens is 1. The number of hydrogen-bond donors (Lipinski definition) is 2. The SMILES string of the molecule is Cc1sc(CN(CCCc2ccccc2)C(=O)C(CO)c2ccccc2)nc1C(=O)NS(=O)(=O)N(C)C. The van der Waals surface area contributed by atoms with Gasteiger partial charge >= 0.3 is 10.2 Å². The Hall–Kier alpha value is -3.12. The van der Waals surface area contributed by atoms with E-state index < -0.39 is 22.0 Å². The molecule has 0 saturated heterocycles. The van der Waals surface area contributed by atoms with E-state index in [9.17, 15) is 23.1 Å². The zero-order valence-corrected chi connectivity index (χ0v) is 22.8. The molecule has 0 aliphatic carbocycles. The number of amides is 2. The Balaban J connectivity index is 1.81. The van der Waals surface area contributed by atoms with Crippen molar-refractivity contribution in [1.29, 1.82) is 0 Å². The third-order valence-electron chi connectivity index (χ3n) is 5.82. The van der Waals surface area contributed by atoms with Crippen LogP contribution in [0.3, 0.4) is 0 Å². The maximum atomic E-state index is 13.6. The molecule has 1 atom stereocenters. The number of carbonyl (C=O) groups is 2. The van der Waals surface area contributed by atoms with E-state index in [4.69, 9.17) is 0 Å². The number of nitrogens with one attached hydrogen (secondary N) is 1. The fourth-order valence-electron chi connectivity index (χ4n) is 3.77. The molecule has 3 aromatic rings. The van der Waals surface area contributed by atoms with Gasteiger partial charge in [-0.2, -0.15) is 12.7 Å². The van der Waals surface area contributed by atoms with Gasteiger partial charge in [0.15, 0.2) is 0 Å². The minimum atomic E-state index is -3.97. The van der Waals surface area contributed by atoms with Crippen LogP contribution in [0.2, 0.25) is 0 Å².